The van der Waals surface area contributed by atoms with E-state index in [2.05, 4.69) is 20.5 Å². The summed E-state index contributed by atoms with van der Waals surface area (Å²) >= 11 is 0. The topological polar surface area (TPSA) is 133 Å². The Bertz CT molecular complexity index is 853. The summed E-state index contributed by atoms with van der Waals surface area (Å²) in [4.78, 5) is 10.8. The number of ether oxygens (including phenoxy) is 1. The summed E-state index contributed by atoms with van der Waals surface area (Å²) in [5.74, 6) is 1.20. The largest absolute Gasteiger partial charge is 0.495 e. The van der Waals surface area contributed by atoms with Gasteiger partial charge >= 0.3 is 0 Å². The molecule has 1 aromatic carbocycles. The Morgan fingerprint density at radius 3 is 2.65 bits per heavy atom. The molecule has 26 heavy (non-hydrogen) atoms. The molecule has 0 atom stereocenters. The number of nitrogens with zero attached hydrogens (tertiary/aromatic N) is 7. The van der Waals surface area contributed by atoms with Gasteiger partial charge < -0.3 is 16.2 Å². The van der Waals surface area contributed by atoms with Gasteiger partial charge in [0.25, 0.3) is 0 Å². The van der Waals surface area contributed by atoms with Crippen LogP contribution >= 0.6 is 0 Å². The molecule has 10 heteroatoms. The zero-order valence-electron chi connectivity index (χ0n) is 14.5. The summed E-state index contributed by atoms with van der Waals surface area (Å²) in [6.07, 6.45) is 6.51. The van der Waals surface area contributed by atoms with Gasteiger partial charge in [-0.05, 0) is 54.3 Å². The monoisotopic (exact) mass is 355 g/mol. The predicted octanol–water partition coefficient (Wildman–Crippen LogP) is 0.781. The van der Waals surface area contributed by atoms with E-state index in [1.807, 2.05) is 23.1 Å². The Morgan fingerprint density at radius 2 is 1.96 bits per heavy atom. The van der Waals surface area contributed by atoms with E-state index in [0.717, 1.165) is 37.1 Å². The maximum absolute atomic E-state index is 6.31. The first kappa shape index (κ1) is 16.3. The van der Waals surface area contributed by atoms with Crippen LogP contribution in [0.2, 0.25) is 0 Å². The SMILES string of the molecule is COc1ccc(-n2cnnn2)cc1N1C(N)=NC(N)=NC12CCCCC2. The van der Waals surface area contributed by atoms with E-state index < -0.39 is 5.66 Å². The van der Waals surface area contributed by atoms with Crippen LogP contribution in [0.1, 0.15) is 32.1 Å². The highest BCUT2D eigenvalue weighted by molar-refractivity contribution is 6.06. The van der Waals surface area contributed by atoms with Crippen LogP contribution in [0, 0.1) is 0 Å². The van der Waals surface area contributed by atoms with Crippen molar-refractivity contribution in [2.24, 2.45) is 21.5 Å². The molecular formula is C16H21N9O. The molecule has 2 aliphatic rings. The van der Waals surface area contributed by atoms with Crippen molar-refractivity contribution in [3.05, 3.63) is 24.5 Å². The number of methoxy groups -OCH3 is 1. The van der Waals surface area contributed by atoms with Crippen molar-refractivity contribution in [1.29, 1.82) is 0 Å². The third-order valence-electron chi connectivity index (χ3n) is 4.87. The normalized spacial score (nSPS) is 19.2. The van der Waals surface area contributed by atoms with E-state index in [-0.39, 0.29) is 5.96 Å². The van der Waals surface area contributed by atoms with Crippen LogP contribution in [-0.4, -0.2) is 44.9 Å². The molecule has 0 amide bonds. The fraction of sp³-hybridized carbons (Fsp3) is 0.438. The molecule has 1 saturated carbocycles. The molecule has 10 nitrogen and oxygen atoms in total. The van der Waals surface area contributed by atoms with Gasteiger partial charge in [0.05, 0.1) is 18.5 Å². The van der Waals surface area contributed by atoms with E-state index in [4.69, 9.17) is 21.2 Å². The third kappa shape index (κ3) is 2.63. The summed E-state index contributed by atoms with van der Waals surface area (Å²) in [7, 11) is 1.62. The van der Waals surface area contributed by atoms with E-state index in [0.29, 0.717) is 11.7 Å². The summed E-state index contributed by atoms with van der Waals surface area (Å²) in [5, 5.41) is 11.3. The molecule has 0 radical (unpaired) electrons. The Morgan fingerprint density at radius 1 is 1.15 bits per heavy atom. The number of guanidine groups is 2. The number of hydrogen-bond acceptors (Lipinski definition) is 9. The number of benzene rings is 1. The summed E-state index contributed by atoms with van der Waals surface area (Å²) in [6.45, 7) is 0. The minimum Gasteiger partial charge on any atom is -0.495 e. The quantitative estimate of drug-likeness (QED) is 0.831. The predicted molar refractivity (Wildman–Crippen MR) is 97.2 cm³/mol. The number of nitrogens with two attached hydrogens (primary N) is 2. The van der Waals surface area contributed by atoms with Crippen molar-refractivity contribution in [2.75, 3.05) is 12.0 Å². The van der Waals surface area contributed by atoms with E-state index in [1.165, 1.54) is 12.7 Å². The average Bonchev–Trinajstić information content (AvgIpc) is 3.16. The number of aromatic nitrogens is 4. The van der Waals surface area contributed by atoms with Crippen molar-refractivity contribution in [3.63, 3.8) is 0 Å². The van der Waals surface area contributed by atoms with Gasteiger partial charge in [0.2, 0.25) is 11.9 Å². The van der Waals surface area contributed by atoms with Crippen LogP contribution in [0.5, 0.6) is 5.75 Å². The van der Waals surface area contributed by atoms with E-state index in [9.17, 15) is 0 Å². The number of hydrogen-bond donors (Lipinski definition) is 2. The number of anilines is 1. The molecule has 0 unspecified atom stereocenters. The van der Waals surface area contributed by atoms with Gasteiger partial charge in [0, 0.05) is 0 Å². The van der Waals surface area contributed by atoms with Crippen molar-refractivity contribution >= 4 is 17.6 Å². The highest BCUT2D eigenvalue weighted by atomic mass is 16.5. The molecule has 0 saturated heterocycles. The maximum Gasteiger partial charge on any atom is 0.220 e. The first-order valence-corrected chi connectivity index (χ1v) is 8.54. The van der Waals surface area contributed by atoms with Crippen molar-refractivity contribution in [1.82, 2.24) is 20.2 Å². The second-order valence-electron chi connectivity index (χ2n) is 6.43. The lowest BCUT2D eigenvalue weighted by molar-refractivity contribution is 0.303. The molecule has 1 aliphatic carbocycles. The van der Waals surface area contributed by atoms with Crippen LogP contribution < -0.4 is 21.1 Å². The van der Waals surface area contributed by atoms with Crippen LogP contribution in [0.15, 0.2) is 34.5 Å². The summed E-state index contributed by atoms with van der Waals surface area (Å²) in [6, 6.07) is 5.66. The van der Waals surface area contributed by atoms with Gasteiger partial charge in [0.15, 0.2) is 0 Å². The molecule has 4 N–H and O–H groups in total. The van der Waals surface area contributed by atoms with E-state index in [1.54, 1.807) is 11.8 Å². The van der Waals surface area contributed by atoms with Crippen molar-refractivity contribution in [2.45, 2.75) is 37.8 Å². The lowest BCUT2D eigenvalue weighted by Crippen LogP contribution is -2.58. The lowest BCUT2D eigenvalue weighted by Gasteiger charge is -2.45. The first-order valence-electron chi connectivity index (χ1n) is 8.54. The van der Waals surface area contributed by atoms with Gasteiger partial charge in [-0.25, -0.2) is 9.67 Å². The molecule has 1 spiro atoms. The summed E-state index contributed by atoms with van der Waals surface area (Å²) < 4.78 is 7.16. The zero-order valence-corrected chi connectivity index (χ0v) is 14.5. The Labute approximate surface area is 150 Å². The number of tetrazole rings is 1. The zero-order chi connectivity index (χ0) is 18.1. The molecule has 136 valence electrons. The second kappa shape index (κ2) is 6.28. The molecule has 4 rings (SSSR count). The van der Waals surface area contributed by atoms with Gasteiger partial charge in [-0.2, -0.15) is 4.99 Å². The Kier molecular flexibility index (Phi) is 3.94. The van der Waals surface area contributed by atoms with Gasteiger partial charge in [-0.15, -0.1) is 5.10 Å². The third-order valence-corrected chi connectivity index (χ3v) is 4.87. The smallest absolute Gasteiger partial charge is 0.220 e. The lowest BCUT2D eigenvalue weighted by atomic mass is 9.87. The summed E-state index contributed by atoms with van der Waals surface area (Å²) in [5.41, 5.74) is 13.3. The van der Waals surface area contributed by atoms with Gasteiger partial charge in [-0.3, -0.25) is 4.90 Å². The minimum absolute atomic E-state index is 0.219. The van der Waals surface area contributed by atoms with Gasteiger partial charge in [-0.1, -0.05) is 6.42 Å². The minimum atomic E-state index is -0.541. The fourth-order valence-corrected chi connectivity index (χ4v) is 3.75. The first-order chi connectivity index (χ1) is 12.6. The standard InChI is InChI=1S/C16H21N9O/c1-26-13-6-5-11(24-10-19-22-23-24)9-12(13)25-15(18)20-14(17)21-16(25)7-3-2-4-8-16/h5-6,9-10H,2-4,7-8H2,1H3,(H4,17,18,20,21). The molecule has 0 bridgehead atoms. The Balaban J connectivity index is 1.86. The molecule has 1 fully saturated rings. The van der Waals surface area contributed by atoms with Gasteiger partial charge in [0.1, 0.15) is 17.7 Å². The highest BCUT2D eigenvalue weighted by Crippen LogP contribution is 2.43. The molecular weight excluding hydrogens is 334 g/mol. The number of aliphatic imine (C=N–C) groups is 2. The number of rotatable bonds is 3. The van der Waals surface area contributed by atoms with Crippen molar-refractivity contribution in [3.8, 4) is 11.4 Å². The van der Waals surface area contributed by atoms with E-state index >= 15 is 0 Å². The second-order valence-corrected chi connectivity index (χ2v) is 6.43. The fourth-order valence-electron chi connectivity index (χ4n) is 3.75. The molecule has 1 aromatic heterocycles. The highest BCUT2D eigenvalue weighted by Gasteiger charge is 2.43. The Hall–Kier alpha value is -3.17. The van der Waals surface area contributed by atoms with Crippen LogP contribution in [-0.2, 0) is 0 Å². The molecule has 2 aromatic rings. The van der Waals surface area contributed by atoms with Crippen molar-refractivity contribution < 1.29 is 4.74 Å². The van der Waals surface area contributed by atoms with Crippen LogP contribution in [0.4, 0.5) is 5.69 Å². The van der Waals surface area contributed by atoms with Crippen LogP contribution in [0.25, 0.3) is 5.69 Å². The molecule has 1 aliphatic heterocycles. The van der Waals surface area contributed by atoms with Crippen LogP contribution in [0.3, 0.4) is 0 Å². The maximum atomic E-state index is 6.31. The average molecular weight is 355 g/mol. The molecule has 2 heterocycles.